The highest BCUT2D eigenvalue weighted by molar-refractivity contribution is 8.00. The minimum Gasteiger partial charge on any atom is -0.378 e. The Morgan fingerprint density at radius 1 is 1.13 bits per heavy atom. The van der Waals surface area contributed by atoms with Crippen molar-refractivity contribution in [2.24, 2.45) is 0 Å². The number of carbonyl (C=O) groups excluding carboxylic acids is 1. The van der Waals surface area contributed by atoms with E-state index >= 15 is 0 Å². The van der Waals surface area contributed by atoms with Gasteiger partial charge in [-0.1, -0.05) is 42.1 Å². The fraction of sp³-hybridized carbons (Fsp3) is 0.188. The zero-order chi connectivity index (χ0) is 16.9. The molecule has 0 spiro atoms. The Kier molecular flexibility index (Phi) is 5.68. The normalized spacial score (nSPS) is 12.7. The van der Waals surface area contributed by atoms with Crippen molar-refractivity contribution < 1.29 is 23.1 Å². The molecule has 0 radical (unpaired) electrons. The van der Waals surface area contributed by atoms with Gasteiger partial charge in [-0.3, -0.25) is 4.79 Å². The Morgan fingerprint density at radius 2 is 1.74 bits per heavy atom. The van der Waals surface area contributed by atoms with Crippen LogP contribution in [-0.2, 0) is 4.79 Å². The lowest BCUT2D eigenvalue weighted by atomic mass is 10.1. The third-order valence-electron chi connectivity index (χ3n) is 2.91. The Morgan fingerprint density at radius 3 is 2.35 bits per heavy atom. The van der Waals surface area contributed by atoms with E-state index in [4.69, 9.17) is 0 Å². The molecule has 7 heteroatoms. The third-order valence-corrected chi connectivity index (χ3v) is 3.86. The SMILES string of the molecule is O=C(NCC(F)(F)Sc1ccccc1)C(O)c1ccc(F)cc1. The molecular formula is C16H14F3NO2S. The van der Waals surface area contributed by atoms with Crippen molar-refractivity contribution in [2.75, 3.05) is 6.54 Å². The molecule has 0 aliphatic heterocycles. The quantitative estimate of drug-likeness (QED) is 0.792. The van der Waals surface area contributed by atoms with Crippen LogP contribution in [0.4, 0.5) is 13.2 Å². The van der Waals surface area contributed by atoms with E-state index in [0.717, 1.165) is 12.1 Å². The Bertz CT molecular complexity index is 650. The summed E-state index contributed by atoms with van der Waals surface area (Å²) < 4.78 is 40.4. The number of alkyl halides is 2. The molecule has 0 saturated carbocycles. The van der Waals surface area contributed by atoms with Crippen molar-refractivity contribution in [3.63, 3.8) is 0 Å². The molecule has 122 valence electrons. The first kappa shape index (κ1) is 17.4. The van der Waals surface area contributed by atoms with Crippen LogP contribution in [0.5, 0.6) is 0 Å². The minimum absolute atomic E-state index is 0.128. The molecular weight excluding hydrogens is 327 g/mol. The van der Waals surface area contributed by atoms with Gasteiger partial charge in [0.05, 0.1) is 6.54 Å². The molecule has 0 bridgehead atoms. The van der Waals surface area contributed by atoms with Crippen molar-refractivity contribution in [1.29, 1.82) is 0 Å². The van der Waals surface area contributed by atoms with Crippen LogP contribution in [0.1, 0.15) is 11.7 Å². The maximum absolute atomic E-state index is 13.8. The predicted octanol–water partition coefficient (Wildman–Crippen LogP) is 3.36. The lowest BCUT2D eigenvalue weighted by Gasteiger charge is -2.18. The first-order chi connectivity index (χ1) is 10.9. The number of aliphatic hydroxyl groups is 1. The van der Waals surface area contributed by atoms with Crippen LogP contribution in [0.2, 0.25) is 0 Å². The Labute approximate surface area is 135 Å². The van der Waals surface area contributed by atoms with Crippen molar-refractivity contribution in [3.05, 3.63) is 66.0 Å². The van der Waals surface area contributed by atoms with Gasteiger partial charge in [0.25, 0.3) is 5.91 Å². The predicted molar refractivity (Wildman–Crippen MR) is 81.6 cm³/mol. The zero-order valence-corrected chi connectivity index (χ0v) is 12.7. The van der Waals surface area contributed by atoms with E-state index in [0.29, 0.717) is 16.7 Å². The molecule has 23 heavy (non-hydrogen) atoms. The van der Waals surface area contributed by atoms with E-state index < -0.39 is 29.6 Å². The number of halogens is 3. The molecule has 2 aromatic carbocycles. The minimum atomic E-state index is -3.22. The largest absolute Gasteiger partial charge is 0.378 e. The summed E-state index contributed by atoms with van der Waals surface area (Å²) in [5.41, 5.74) is 0.128. The van der Waals surface area contributed by atoms with Gasteiger partial charge in [0, 0.05) is 4.90 Å². The van der Waals surface area contributed by atoms with Gasteiger partial charge in [0.15, 0.2) is 6.10 Å². The first-order valence-corrected chi connectivity index (χ1v) is 7.52. The molecule has 1 amide bonds. The number of rotatable bonds is 6. The zero-order valence-electron chi connectivity index (χ0n) is 11.9. The van der Waals surface area contributed by atoms with Gasteiger partial charge in [-0.15, -0.1) is 0 Å². The van der Waals surface area contributed by atoms with E-state index in [9.17, 15) is 23.1 Å². The molecule has 2 aromatic rings. The van der Waals surface area contributed by atoms with E-state index in [-0.39, 0.29) is 5.56 Å². The van der Waals surface area contributed by atoms with Crippen LogP contribution < -0.4 is 5.32 Å². The molecule has 0 aliphatic rings. The smallest absolute Gasteiger partial charge is 0.315 e. The van der Waals surface area contributed by atoms with Crippen LogP contribution in [0, 0.1) is 5.82 Å². The van der Waals surface area contributed by atoms with Gasteiger partial charge in [-0.25, -0.2) is 4.39 Å². The number of hydrogen-bond donors (Lipinski definition) is 2. The summed E-state index contributed by atoms with van der Waals surface area (Å²) in [6.07, 6.45) is -1.63. The fourth-order valence-corrected chi connectivity index (χ4v) is 2.56. The number of carbonyl (C=O) groups is 1. The third kappa shape index (κ3) is 5.30. The van der Waals surface area contributed by atoms with Gasteiger partial charge in [-0.2, -0.15) is 8.78 Å². The highest BCUT2D eigenvalue weighted by Gasteiger charge is 2.32. The summed E-state index contributed by atoms with van der Waals surface area (Å²) in [7, 11) is 0. The molecule has 0 heterocycles. The molecule has 0 saturated heterocycles. The fourth-order valence-electron chi connectivity index (χ4n) is 1.78. The molecule has 2 rings (SSSR count). The molecule has 1 unspecified atom stereocenters. The van der Waals surface area contributed by atoms with Crippen LogP contribution in [0.3, 0.4) is 0 Å². The molecule has 0 fully saturated rings. The molecule has 0 aliphatic carbocycles. The van der Waals surface area contributed by atoms with E-state index in [1.165, 1.54) is 24.3 Å². The summed E-state index contributed by atoms with van der Waals surface area (Å²) in [5.74, 6) is -1.49. The van der Waals surface area contributed by atoms with E-state index in [1.807, 2.05) is 5.32 Å². The number of thioether (sulfide) groups is 1. The van der Waals surface area contributed by atoms with Crippen molar-refractivity contribution in [2.45, 2.75) is 16.3 Å². The maximum atomic E-state index is 13.8. The van der Waals surface area contributed by atoms with Crippen LogP contribution in [0.25, 0.3) is 0 Å². The highest BCUT2D eigenvalue weighted by atomic mass is 32.2. The summed E-state index contributed by atoms with van der Waals surface area (Å²) in [5, 5.41) is 8.56. The van der Waals surface area contributed by atoms with Crippen LogP contribution >= 0.6 is 11.8 Å². The molecule has 3 nitrogen and oxygen atoms in total. The monoisotopic (exact) mass is 341 g/mol. The van der Waals surface area contributed by atoms with Crippen molar-refractivity contribution in [1.82, 2.24) is 5.32 Å². The average Bonchev–Trinajstić information content (AvgIpc) is 2.53. The first-order valence-electron chi connectivity index (χ1n) is 6.70. The van der Waals surface area contributed by atoms with E-state index in [1.54, 1.807) is 18.2 Å². The van der Waals surface area contributed by atoms with Gasteiger partial charge in [0.1, 0.15) is 5.82 Å². The highest BCUT2D eigenvalue weighted by Crippen LogP contribution is 2.35. The summed E-state index contributed by atoms with van der Waals surface area (Å²) in [6.45, 7) is -0.927. The second kappa shape index (κ2) is 7.52. The topological polar surface area (TPSA) is 49.3 Å². The van der Waals surface area contributed by atoms with Crippen molar-refractivity contribution >= 4 is 17.7 Å². The molecule has 0 aromatic heterocycles. The number of hydrogen-bond acceptors (Lipinski definition) is 3. The second-order valence-electron chi connectivity index (χ2n) is 4.72. The number of benzene rings is 2. The number of amides is 1. The number of aliphatic hydroxyl groups excluding tert-OH is 1. The summed E-state index contributed by atoms with van der Waals surface area (Å²) >= 11 is 0.318. The standard InChI is InChI=1S/C16H14F3NO2S/c17-12-8-6-11(7-9-12)14(21)15(22)20-10-16(18,19)23-13-4-2-1-3-5-13/h1-9,14,21H,10H2,(H,20,22). The molecule has 1 atom stereocenters. The second-order valence-corrected chi connectivity index (χ2v) is 6.00. The van der Waals surface area contributed by atoms with Gasteiger partial charge < -0.3 is 10.4 Å². The van der Waals surface area contributed by atoms with Crippen LogP contribution in [0.15, 0.2) is 59.5 Å². The Hall–Kier alpha value is -1.99. The summed E-state index contributed by atoms with van der Waals surface area (Å²) in [4.78, 5) is 12.1. The maximum Gasteiger partial charge on any atom is 0.315 e. The van der Waals surface area contributed by atoms with Crippen LogP contribution in [-0.4, -0.2) is 22.8 Å². The van der Waals surface area contributed by atoms with Gasteiger partial charge in [-0.05, 0) is 29.8 Å². The Balaban J connectivity index is 1.91. The van der Waals surface area contributed by atoms with Gasteiger partial charge >= 0.3 is 5.25 Å². The average molecular weight is 341 g/mol. The molecule has 2 N–H and O–H groups in total. The van der Waals surface area contributed by atoms with Crippen molar-refractivity contribution in [3.8, 4) is 0 Å². The lowest BCUT2D eigenvalue weighted by Crippen LogP contribution is -2.37. The van der Waals surface area contributed by atoms with E-state index in [2.05, 4.69) is 0 Å². The number of nitrogens with one attached hydrogen (secondary N) is 1. The van der Waals surface area contributed by atoms with Gasteiger partial charge in [0.2, 0.25) is 0 Å². The lowest BCUT2D eigenvalue weighted by molar-refractivity contribution is -0.130. The summed E-state index contributed by atoms with van der Waals surface area (Å²) in [6, 6.07) is 12.6.